The van der Waals surface area contributed by atoms with E-state index >= 15 is 0 Å². The molecule has 1 aliphatic rings. The highest BCUT2D eigenvalue weighted by Gasteiger charge is 2.36. The summed E-state index contributed by atoms with van der Waals surface area (Å²) in [6.45, 7) is 1.88. The lowest BCUT2D eigenvalue weighted by atomic mass is 9.90. The molecule has 0 spiro atoms. The van der Waals surface area contributed by atoms with Crippen molar-refractivity contribution in [2.75, 3.05) is 26.9 Å². The molecular weight excluding hydrogens is 452 g/mol. The van der Waals surface area contributed by atoms with Crippen molar-refractivity contribution in [2.24, 2.45) is 5.73 Å². The van der Waals surface area contributed by atoms with Gasteiger partial charge in [0.05, 0.1) is 35.0 Å². The first-order valence-electron chi connectivity index (χ1n) is 11.2. The summed E-state index contributed by atoms with van der Waals surface area (Å²) in [5.41, 5.74) is 9.08. The standard InChI is InChI=1S/C25H28N4O4S/c1-32-13-10-29-21-15-19(6-7-22(21)34-24(29)31)18-4-2-17(3-5-18)14-20(16-26)28-23(30)25(27)8-11-33-12-9-25/h2-7,15,20H,8-14,27H2,1H3,(H,28,30)/t20-/m0/s1. The number of rotatable bonds is 8. The Labute approximate surface area is 201 Å². The number of carbonyl (C=O) groups excluding carboxylic acids is 1. The second-order valence-corrected chi connectivity index (χ2v) is 9.51. The molecule has 1 aliphatic heterocycles. The van der Waals surface area contributed by atoms with Gasteiger partial charge in [0.2, 0.25) is 5.91 Å². The Morgan fingerprint density at radius 2 is 1.97 bits per heavy atom. The normalized spacial score (nSPS) is 16.1. The average molecular weight is 481 g/mol. The molecular formula is C25H28N4O4S. The lowest BCUT2D eigenvalue weighted by Gasteiger charge is -2.32. The number of nitrogens with two attached hydrogens (primary N) is 1. The molecule has 0 unspecified atom stereocenters. The Morgan fingerprint density at radius 3 is 2.65 bits per heavy atom. The number of fused-ring (bicyclic) bond motifs is 1. The number of ether oxygens (including phenoxy) is 2. The molecule has 1 saturated heterocycles. The zero-order valence-electron chi connectivity index (χ0n) is 19.1. The van der Waals surface area contributed by atoms with Gasteiger partial charge in [-0.25, -0.2) is 0 Å². The van der Waals surface area contributed by atoms with Crippen LogP contribution < -0.4 is 15.9 Å². The summed E-state index contributed by atoms with van der Waals surface area (Å²) in [4.78, 5) is 25.0. The fraction of sp³-hybridized carbons (Fsp3) is 0.400. The SMILES string of the molecule is COCCn1c(=O)sc2ccc(-c3ccc(C[C@@H](C#N)NC(=O)C4(N)CCOCC4)cc3)cc21. The predicted octanol–water partition coefficient (Wildman–Crippen LogP) is 2.44. The minimum absolute atomic E-state index is 0.00384. The topological polar surface area (TPSA) is 119 Å². The molecule has 0 bridgehead atoms. The Morgan fingerprint density at radius 1 is 1.26 bits per heavy atom. The summed E-state index contributed by atoms with van der Waals surface area (Å²) in [6.07, 6.45) is 1.27. The van der Waals surface area contributed by atoms with Crippen LogP contribution in [0.1, 0.15) is 18.4 Å². The smallest absolute Gasteiger partial charge is 0.308 e. The Bertz CT molecular complexity index is 1250. The van der Waals surface area contributed by atoms with Gasteiger partial charge in [-0.05, 0) is 41.7 Å². The van der Waals surface area contributed by atoms with E-state index in [4.69, 9.17) is 15.2 Å². The molecule has 0 radical (unpaired) electrons. The van der Waals surface area contributed by atoms with E-state index in [9.17, 15) is 14.9 Å². The molecule has 3 aromatic rings. The fourth-order valence-corrected chi connectivity index (χ4v) is 5.00. The van der Waals surface area contributed by atoms with Crippen molar-refractivity contribution in [1.82, 2.24) is 9.88 Å². The summed E-state index contributed by atoms with van der Waals surface area (Å²) >= 11 is 1.23. The largest absolute Gasteiger partial charge is 0.383 e. The van der Waals surface area contributed by atoms with E-state index in [1.165, 1.54) is 11.3 Å². The van der Waals surface area contributed by atoms with E-state index in [1.54, 1.807) is 11.7 Å². The summed E-state index contributed by atoms with van der Waals surface area (Å²) < 4.78 is 13.1. The Balaban J connectivity index is 1.47. The molecule has 34 heavy (non-hydrogen) atoms. The minimum Gasteiger partial charge on any atom is -0.383 e. The summed E-state index contributed by atoms with van der Waals surface area (Å²) in [5, 5.41) is 12.4. The highest BCUT2D eigenvalue weighted by molar-refractivity contribution is 7.16. The van der Waals surface area contributed by atoms with Gasteiger partial charge in [0.25, 0.3) is 0 Å². The Kier molecular flexibility index (Phi) is 7.44. The van der Waals surface area contributed by atoms with Crippen molar-refractivity contribution >= 4 is 27.5 Å². The highest BCUT2D eigenvalue weighted by atomic mass is 32.1. The van der Waals surface area contributed by atoms with E-state index in [1.807, 2.05) is 42.5 Å². The summed E-state index contributed by atoms with van der Waals surface area (Å²) in [6, 6.07) is 15.4. The van der Waals surface area contributed by atoms with E-state index in [0.29, 0.717) is 45.6 Å². The van der Waals surface area contributed by atoms with Crippen LogP contribution in [0.2, 0.25) is 0 Å². The number of nitrogens with one attached hydrogen (secondary N) is 1. The monoisotopic (exact) mass is 480 g/mol. The third kappa shape index (κ3) is 5.21. The lowest BCUT2D eigenvalue weighted by molar-refractivity contribution is -0.130. The number of nitrogens with zero attached hydrogens (tertiary/aromatic N) is 2. The third-order valence-corrected chi connectivity index (χ3v) is 7.17. The maximum atomic E-state index is 12.6. The van der Waals surface area contributed by atoms with Crippen molar-refractivity contribution in [3.63, 3.8) is 0 Å². The van der Waals surface area contributed by atoms with Gasteiger partial charge >= 0.3 is 4.87 Å². The zero-order chi connectivity index (χ0) is 24.1. The van der Waals surface area contributed by atoms with Gasteiger partial charge < -0.3 is 20.5 Å². The predicted molar refractivity (Wildman–Crippen MR) is 132 cm³/mol. The molecule has 1 aromatic heterocycles. The third-order valence-electron chi connectivity index (χ3n) is 6.21. The summed E-state index contributed by atoms with van der Waals surface area (Å²) in [5.74, 6) is -0.303. The molecule has 1 amide bonds. The van der Waals surface area contributed by atoms with Crippen molar-refractivity contribution in [3.05, 3.63) is 57.7 Å². The lowest BCUT2D eigenvalue weighted by Crippen LogP contribution is -2.58. The number of thiazole rings is 1. The van der Waals surface area contributed by atoms with E-state index in [-0.39, 0.29) is 10.8 Å². The number of amides is 1. The van der Waals surface area contributed by atoms with Crippen molar-refractivity contribution in [3.8, 4) is 17.2 Å². The van der Waals surface area contributed by atoms with Gasteiger partial charge in [-0.3, -0.25) is 14.2 Å². The van der Waals surface area contributed by atoms with E-state index in [0.717, 1.165) is 26.9 Å². The van der Waals surface area contributed by atoms with Gasteiger partial charge in [0.15, 0.2) is 0 Å². The first-order valence-corrected chi connectivity index (χ1v) is 12.0. The highest BCUT2D eigenvalue weighted by Crippen LogP contribution is 2.26. The van der Waals surface area contributed by atoms with E-state index < -0.39 is 11.6 Å². The second-order valence-electron chi connectivity index (χ2n) is 8.52. The van der Waals surface area contributed by atoms with Crippen LogP contribution in [0.3, 0.4) is 0 Å². The van der Waals surface area contributed by atoms with E-state index in [2.05, 4.69) is 11.4 Å². The van der Waals surface area contributed by atoms with Gasteiger partial charge in [0.1, 0.15) is 6.04 Å². The van der Waals surface area contributed by atoms with Crippen LogP contribution in [0.5, 0.6) is 0 Å². The number of carbonyl (C=O) groups is 1. The average Bonchev–Trinajstić information content (AvgIpc) is 3.17. The Hall–Kier alpha value is -3.03. The molecule has 3 N–H and O–H groups in total. The number of hydrogen-bond donors (Lipinski definition) is 2. The van der Waals surface area contributed by atoms with Crippen LogP contribution >= 0.6 is 11.3 Å². The fourth-order valence-electron chi connectivity index (χ4n) is 4.10. The molecule has 0 aliphatic carbocycles. The quantitative estimate of drug-likeness (QED) is 0.511. The van der Waals surface area contributed by atoms with Gasteiger partial charge in [0, 0.05) is 26.7 Å². The van der Waals surface area contributed by atoms with Crippen molar-refractivity contribution in [1.29, 1.82) is 5.26 Å². The number of nitriles is 1. The number of methoxy groups -OCH3 is 1. The maximum absolute atomic E-state index is 12.6. The first kappa shape index (κ1) is 24.1. The molecule has 8 nitrogen and oxygen atoms in total. The molecule has 178 valence electrons. The minimum atomic E-state index is -0.985. The number of aromatic nitrogens is 1. The van der Waals surface area contributed by atoms with Crippen LogP contribution in [0.25, 0.3) is 21.3 Å². The van der Waals surface area contributed by atoms with Crippen LogP contribution in [0, 0.1) is 11.3 Å². The molecule has 4 rings (SSSR count). The van der Waals surface area contributed by atoms with Gasteiger partial charge in [-0.1, -0.05) is 41.7 Å². The first-order chi connectivity index (χ1) is 16.4. The molecule has 2 aromatic carbocycles. The van der Waals surface area contributed by atoms with Crippen LogP contribution in [-0.2, 0) is 27.2 Å². The molecule has 2 heterocycles. The van der Waals surface area contributed by atoms with Gasteiger partial charge in [-0.2, -0.15) is 5.26 Å². The van der Waals surface area contributed by atoms with Crippen LogP contribution in [0.15, 0.2) is 47.3 Å². The van der Waals surface area contributed by atoms with Crippen LogP contribution in [0.4, 0.5) is 0 Å². The van der Waals surface area contributed by atoms with Crippen LogP contribution in [-0.4, -0.2) is 49.0 Å². The number of hydrogen-bond acceptors (Lipinski definition) is 7. The van der Waals surface area contributed by atoms with Crippen molar-refractivity contribution < 1.29 is 14.3 Å². The second kappa shape index (κ2) is 10.5. The molecule has 0 saturated carbocycles. The number of benzene rings is 2. The molecule has 1 atom stereocenters. The zero-order valence-corrected chi connectivity index (χ0v) is 19.9. The molecule has 9 heteroatoms. The molecule has 1 fully saturated rings. The summed E-state index contributed by atoms with van der Waals surface area (Å²) in [7, 11) is 1.62. The van der Waals surface area contributed by atoms with Crippen molar-refractivity contribution in [2.45, 2.75) is 37.4 Å². The maximum Gasteiger partial charge on any atom is 0.308 e. The van der Waals surface area contributed by atoms with Gasteiger partial charge in [-0.15, -0.1) is 0 Å².